The van der Waals surface area contributed by atoms with Crippen LogP contribution in [-0.4, -0.2) is 65.1 Å². The number of anilines is 2. The number of benzene rings is 1. The molecule has 182 valence electrons. The summed E-state index contributed by atoms with van der Waals surface area (Å²) in [7, 11) is 0. The van der Waals surface area contributed by atoms with Crippen LogP contribution in [0.2, 0.25) is 0 Å². The lowest BCUT2D eigenvalue weighted by atomic mass is 10.0. The molecule has 10 heteroatoms. The number of nitrogens with zero attached hydrogens (tertiary/aromatic N) is 3. The van der Waals surface area contributed by atoms with Crippen LogP contribution in [0.1, 0.15) is 48.0 Å². The highest BCUT2D eigenvalue weighted by Gasteiger charge is 2.23. The summed E-state index contributed by atoms with van der Waals surface area (Å²) >= 11 is 0. The number of rotatable bonds is 4. The minimum Gasteiger partial charge on any atom is -0.369 e. The van der Waals surface area contributed by atoms with Crippen molar-refractivity contribution in [2.24, 2.45) is 5.73 Å². The Bertz CT molecular complexity index is 963. The molecule has 1 fully saturated rings. The van der Waals surface area contributed by atoms with Gasteiger partial charge in [-0.1, -0.05) is 30.3 Å². The third-order valence-electron chi connectivity index (χ3n) is 6.29. The fourth-order valence-corrected chi connectivity index (χ4v) is 4.28. The Kier molecular flexibility index (Phi) is 8.26. The predicted molar refractivity (Wildman–Crippen MR) is 131 cm³/mol. The number of nitrogens with one attached hydrogen (secondary N) is 4. The standard InChI is InChI=1S/C24H34N8O2/c25-20-8-4-5-11-26-21-19(14-27-24(31-21)29-16-28-23(20)34)22(33)30-18-9-12-32(13-10-18)15-17-6-2-1-3-7-17/h1-3,6-7,14,18,20H,4-5,8-13,15-16,25H2,(H,28,34)(H,30,33)(H2,26,27,29,31)/t20-/m0/s1. The normalized spacial score (nSPS) is 20.5. The Morgan fingerprint density at radius 3 is 2.68 bits per heavy atom. The van der Waals surface area contributed by atoms with Gasteiger partial charge in [0.2, 0.25) is 11.9 Å². The second-order valence-electron chi connectivity index (χ2n) is 8.89. The van der Waals surface area contributed by atoms with E-state index in [1.54, 1.807) is 0 Å². The topological polar surface area (TPSA) is 137 Å². The Morgan fingerprint density at radius 1 is 1.09 bits per heavy atom. The highest BCUT2D eigenvalue weighted by Crippen LogP contribution is 2.18. The molecule has 34 heavy (non-hydrogen) atoms. The summed E-state index contributed by atoms with van der Waals surface area (Å²) in [5.74, 6) is 0.453. The lowest BCUT2D eigenvalue weighted by Gasteiger charge is -2.32. The third kappa shape index (κ3) is 6.64. The number of aromatic nitrogens is 2. The minimum absolute atomic E-state index is 0.121. The maximum Gasteiger partial charge on any atom is 0.256 e. The molecule has 2 aromatic rings. The molecule has 10 nitrogen and oxygen atoms in total. The largest absolute Gasteiger partial charge is 0.369 e. The summed E-state index contributed by atoms with van der Waals surface area (Å²) in [5, 5.41) is 12.1. The maximum atomic E-state index is 13.1. The van der Waals surface area contributed by atoms with Crippen molar-refractivity contribution in [3.8, 4) is 0 Å². The lowest BCUT2D eigenvalue weighted by Crippen LogP contribution is -2.44. The second kappa shape index (κ2) is 11.8. The fourth-order valence-electron chi connectivity index (χ4n) is 4.28. The molecule has 1 saturated heterocycles. The van der Waals surface area contributed by atoms with E-state index in [1.165, 1.54) is 11.8 Å². The van der Waals surface area contributed by atoms with Gasteiger partial charge in [-0.3, -0.25) is 14.5 Å². The SMILES string of the molecule is N[C@H]1CCCCNc2nc(ncc2C(=O)NC2CCN(Cc3ccccc3)CC2)NCNC1=O. The first kappa shape index (κ1) is 23.9. The van der Waals surface area contributed by atoms with E-state index in [2.05, 4.69) is 60.4 Å². The molecule has 0 spiro atoms. The van der Waals surface area contributed by atoms with Crippen LogP contribution < -0.4 is 27.0 Å². The van der Waals surface area contributed by atoms with Crippen molar-refractivity contribution in [2.45, 2.75) is 50.7 Å². The summed E-state index contributed by atoms with van der Waals surface area (Å²) in [6, 6.07) is 10.0. The summed E-state index contributed by atoms with van der Waals surface area (Å²) in [6.07, 6.45) is 5.56. The molecule has 3 heterocycles. The van der Waals surface area contributed by atoms with Crippen molar-refractivity contribution in [3.05, 3.63) is 47.7 Å². The molecule has 6 N–H and O–H groups in total. The van der Waals surface area contributed by atoms with Crippen molar-refractivity contribution in [2.75, 3.05) is 36.9 Å². The number of hydrogen-bond donors (Lipinski definition) is 5. The van der Waals surface area contributed by atoms with Crippen LogP contribution in [0.25, 0.3) is 0 Å². The zero-order valence-corrected chi connectivity index (χ0v) is 19.4. The molecule has 0 radical (unpaired) electrons. The van der Waals surface area contributed by atoms with E-state index in [1.807, 2.05) is 6.07 Å². The van der Waals surface area contributed by atoms with Crippen molar-refractivity contribution in [1.82, 2.24) is 25.5 Å². The van der Waals surface area contributed by atoms with Gasteiger partial charge in [0.15, 0.2) is 0 Å². The first-order valence-corrected chi connectivity index (χ1v) is 12.0. The molecule has 0 aliphatic carbocycles. The monoisotopic (exact) mass is 466 g/mol. The minimum atomic E-state index is -0.535. The van der Waals surface area contributed by atoms with Crippen molar-refractivity contribution in [3.63, 3.8) is 0 Å². The van der Waals surface area contributed by atoms with Crippen LogP contribution in [0, 0.1) is 0 Å². The van der Waals surface area contributed by atoms with Gasteiger partial charge in [0.1, 0.15) is 11.4 Å². The maximum absolute atomic E-state index is 13.1. The molecule has 2 amide bonds. The van der Waals surface area contributed by atoms with E-state index in [-0.39, 0.29) is 24.5 Å². The highest BCUT2D eigenvalue weighted by atomic mass is 16.2. The van der Waals surface area contributed by atoms with E-state index >= 15 is 0 Å². The van der Waals surface area contributed by atoms with Gasteiger partial charge in [0.05, 0.1) is 12.7 Å². The van der Waals surface area contributed by atoms with E-state index in [0.29, 0.717) is 30.3 Å². The zero-order chi connectivity index (χ0) is 23.8. The van der Waals surface area contributed by atoms with E-state index in [0.717, 1.165) is 45.3 Å². The zero-order valence-electron chi connectivity index (χ0n) is 19.4. The van der Waals surface area contributed by atoms with Gasteiger partial charge in [0, 0.05) is 38.4 Å². The molecule has 0 saturated carbocycles. The van der Waals surface area contributed by atoms with E-state index in [4.69, 9.17) is 5.73 Å². The number of likely N-dealkylation sites (tertiary alicyclic amines) is 1. The van der Waals surface area contributed by atoms with Crippen LogP contribution in [0.5, 0.6) is 0 Å². The number of nitrogens with two attached hydrogens (primary N) is 1. The molecule has 0 unspecified atom stereocenters. The first-order chi connectivity index (χ1) is 16.6. The summed E-state index contributed by atoms with van der Waals surface area (Å²) in [4.78, 5) is 36.2. The number of amides is 2. The molecule has 4 rings (SSSR count). The summed E-state index contributed by atoms with van der Waals surface area (Å²) in [6.45, 7) is 3.61. The van der Waals surface area contributed by atoms with Gasteiger partial charge in [-0.05, 0) is 37.7 Å². The van der Waals surface area contributed by atoms with Gasteiger partial charge in [-0.15, -0.1) is 0 Å². The summed E-state index contributed by atoms with van der Waals surface area (Å²) < 4.78 is 0. The van der Waals surface area contributed by atoms with E-state index < -0.39 is 6.04 Å². The number of hydrogen-bond acceptors (Lipinski definition) is 8. The molecular weight excluding hydrogens is 432 g/mol. The van der Waals surface area contributed by atoms with Crippen molar-refractivity contribution < 1.29 is 9.59 Å². The quantitative estimate of drug-likeness (QED) is 0.454. The fraction of sp³-hybridized carbons (Fsp3) is 0.500. The van der Waals surface area contributed by atoms with Crippen LogP contribution >= 0.6 is 0 Å². The highest BCUT2D eigenvalue weighted by molar-refractivity contribution is 5.98. The molecule has 2 aliphatic rings. The Balaban J connectivity index is 1.34. The molecule has 2 bridgehead atoms. The summed E-state index contributed by atoms with van der Waals surface area (Å²) in [5.41, 5.74) is 7.65. The second-order valence-corrected chi connectivity index (χ2v) is 8.89. The van der Waals surface area contributed by atoms with Crippen LogP contribution in [0.3, 0.4) is 0 Å². The number of carbonyl (C=O) groups excluding carboxylic acids is 2. The van der Waals surface area contributed by atoms with Gasteiger partial charge >= 0.3 is 0 Å². The average molecular weight is 467 g/mol. The first-order valence-electron chi connectivity index (χ1n) is 12.0. The van der Waals surface area contributed by atoms with Gasteiger partial charge in [-0.2, -0.15) is 4.98 Å². The molecule has 1 atom stereocenters. The van der Waals surface area contributed by atoms with E-state index in [9.17, 15) is 9.59 Å². The Hall–Kier alpha value is -3.24. The number of piperidine rings is 1. The number of fused-ring (bicyclic) bond motifs is 2. The lowest BCUT2D eigenvalue weighted by molar-refractivity contribution is -0.122. The Morgan fingerprint density at radius 2 is 1.88 bits per heavy atom. The Labute approximate surface area is 200 Å². The smallest absolute Gasteiger partial charge is 0.256 e. The van der Waals surface area contributed by atoms with Crippen LogP contribution in [0.4, 0.5) is 11.8 Å². The van der Waals surface area contributed by atoms with Crippen molar-refractivity contribution in [1.29, 1.82) is 0 Å². The predicted octanol–water partition coefficient (Wildman–Crippen LogP) is 1.28. The number of carbonyl (C=O) groups is 2. The molecule has 1 aromatic carbocycles. The third-order valence-corrected chi connectivity index (χ3v) is 6.29. The van der Waals surface area contributed by atoms with Crippen LogP contribution in [0.15, 0.2) is 36.5 Å². The average Bonchev–Trinajstić information content (AvgIpc) is 2.86. The molecular formula is C24H34N8O2. The van der Waals surface area contributed by atoms with Crippen molar-refractivity contribution >= 4 is 23.6 Å². The van der Waals surface area contributed by atoms with Gasteiger partial charge in [0.25, 0.3) is 5.91 Å². The van der Waals surface area contributed by atoms with Gasteiger partial charge < -0.3 is 27.0 Å². The molecule has 1 aromatic heterocycles. The molecule has 2 aliphatic heterocycles. The van der Waals surface area contributed by atoms with Gasteiger partial charge in [-0.25, -0.2) is 4.98 Å². The van der Waals surface area contributed by atoms with Crippen LogP contribution in [-0.2, 0) is 11.3 Å².